The fraction of sp³-hybridized carbons (Fsp3) is 0.188. The van der Waals surface area contributed by atoms with Gasteiger partial charge in [-0.15, -0.1) is 0 Å². The zero-order valence-electron chi connectivity index (χ0n) is 11.2. The van der Waals surface area contributed by atoms with Gasteiger partial charge in [0.15, 0.2) is 0 Å². The first-order chi connectivity index (χ1) is 9.56. The SMILES string of the molecule is Cc1ccc(C(=O)NCCc2ccc(O)cc2)c(F)c1. The molecule has 2 aromatic rings. The van der Waals surface area contributed by atoms with Crippen LogP contribution in [0.4, 0.5) is 4.39 Å². The Hall–Kier alpha value is -2.36. The number of aryl methyl sites for hydroxylation is 1. The molecule has 2 N–H and O–H groups in total. The van der Waals surface area contributed by atoms with Gasteiger partial charge in [-0.3, -0.25) is 4.79 Å². The zero-order valence-corrected chi connectivity index (χ0v) is 11.2. The Bertz CT molecular complexity index is 608. The van der Waals surface area contributed by atoms with E-state index in [2.05, 4.69) is 5.32 Å². The molecule has 2 aromatic carbocycles. The van der Waals surface area contributed by atoms with E-state index in [1.54, 1.807) is 37.3 Å². The van der Waals surface area contributed by atoms with Crippen molar-refractivity contribution in [3.63, 3.8) is 0 Å². The summed E-state index contributed by atoms with van der Waals surface area (Å²) in [6.45, 7) is 2.19. The number of carbonyl (C=O) groups is 1. The molecule has 0 saturated heterocycles. The minimum absolute atomic E-state index is 0.0568. The van der Waals surface area contributed by atoms with Crippen LogP contribution in [-0.4, -0.2) is 17.6 Å². The third-order valence-electron chi connectivity index (χ3n) is 3.00. The number of carbonyl (C=O) groups excluding carboxylic acids is 1. The van der Waals surface area contributed by atoms with E-state index < -0.39 is 11.7 Å². The molecule has 0 saturated carbocycles. The van der Waals surface area contributed by atoms with Crippen molar-refractivity contribution >= 4 is 5.91 Å². The second-order valence-corrected chi connectivity index (χ2v) is 4.66. The molecule has 0 aliphatic carbocycles. The van der Waals surface area contributed by atoms with Crippen molar-refractivity contribution in [2.75, 3.05) is 6.54 Å². The molecule has 0 spiro atoms. The van der Waals surface area contributed by atoms with E-state index >= 15 is 0 Å². The van der Waals surface area contributed by atoms with Crippen LogP contribution in [-0.2, 0) is 6.42 Å². The lowest BCUT2D eigenvalue weighted by Crippen LogP contribution is -2.26. The second kappa shape index (κ2) is 6.19. The highest BCUT2D eigenvalue weighted by atomic mass is 19.1. The molecule has 4 heteroatoms. The summed E-state index contributed by atoms with van der Waals surface area (Å²) in [7, 11) is 0. The summed E-state index contributed by atoms with van der Waals surface area (Å²) < 4.78 is 13.6. The van der Waals surface area contributed by atoms with Gasteiger partial charge in [0.25, 0.3) is 5.91 Å². The van der Waals surface area contributed by atoms with E-state index in [1.807, 2.05) is 0 Å². The van der Waals surface area contributed by atoms with Crippen LogP contribution in [0.3, 0.4) is 0 Å². The Morgan fingerprint density at radius 3 is 2.55 bits per heavy atom. The molecule has 1 amide bonds. The fourth-order valence-electron chi connectivity index (χ4n) is 1.88. The molecule has 0 aliphatic heterocycles. The maximum Gasteiger partial charge on any atom is 0.254 e. The molecular weight excluding hydrogens is 257 g/mol. The van der Waals surface area contributed by atoms with Crippen molar-refractivity contribution in [2.45, 2.75) is 13.3 Å². The van der Waals surface area contributed by atoms with Crippen molar-refractivity contribution in [3.05, 3.63) is 65.0 Å². The molecule has 104 valence electrons. The van der Waals surface area contributed by atoms with E-state index in [0.29, 0.717) is 13.0 Å². The van der Waals surface area contributed by atoms with Gasteiger partial charge >= 0.3 is 0 Å². The molecule has 0 fully saturated rings. The van der Waals surface area contributed by atoms with E-state index in [4.69, 9.17) is 5.11 Å². The smallest absolute Gasteiger partial charge is 0.254 e. The first-order valence-corrected chi connectivity index (χ1v) is 6.38. The highest BCUT2D eigenvalue weighted by Gasteiger charge is 2.10. The number of phenolic OH excluding ortho intramolecular Hbond substituents is 1. The van der Waals surface area contributed by atoms with Gasteiger partial charge in [-0.05, 0) is 48.7 Å². The predicted molar refractivity (Wildman–Crippen MR) is 75.3 cm³/mol. The highest BCUT2D eigenvalue weighted by Crippen LogP contribution is 2.11. The summed E-state index contributed by atoms with van der Waals surface area (Å²) in [5.41, 5.74) is 1.83. The average molecular weight is 273 g/mol. The highest BCUT2D eigenvalue weighted by molar-refractivity contribution is 5.94. The van der Waals surface area contributed by atoms with Crippen LogP contribution < -0.4 is 5.32 Å². The standard InChI is InChI=1S/C16H16FNO2/c1-11-2-7-14(15(17)10-11)16(20)18-9-8-12-3-5-13(19)6-4-12/h2-7,10,19H,8-9H2,1H3,(H,18,20). The first kappa shape index (κ1) is 14.1. The minimum Gasteiger partial charge on any atom is -0.508 e. The van der Waals surface area contributed by atoms with Crippen LogP contribution >= 0.6 is 0 Å². The molecule has 2 rings (SSSR count). The van der Waals surface area contributed by atoms with E-state index in [9.17, 15) is 9.18 Å². The van der Waals surface area contributed by atoms with Crippen LogP contribution in [0.2, 0.25) is 0 Å². The predicted octanol–water partition coefficient (Wildman–Crippen LogP) is 2.81. The fourth-order valence-corrected chi connectivity index (χ4v) is 1.88. The van der Waals surface area contributed by atoms with Gasteiger partial charge in [0.1, 0.15) is 11.6 Å². The van der Waals surface area contributed by atoms with Crippen molar-refractivity contribution in [2.24, 2.45) is 0 Å². The summed E-state index contributed by atoms with van der Waals surface area (Å²) in [6.07, 6.45) is 0.625. The normalized spacial score (nSPS) is 10.3. The minimum atomic E-state index is -0.507. The monoisotopic (exact) mass is 273 g/mol. The van der Waals surface area contributed by atoms with E-state index in [-0.39, 0.29) is 11.3 Å². The summed E-state index contributed by atoms with van der Waals surface area (Å²) in [6, 6.07) is 11.3. The molecule has 0 unspecified atom stereocenters. The molecule has 0 bridgehead atoms. The summed E-state index contributed by atoms with van der Waals surface area (Å²) >= 11 is 0. The lowest BCUT2D eigenvalue weighted by atomic mass is 10.1. The summed E-state index contributed by atoms with van der Waals surface area (Å²) in [5, 5.41) is 11.8. The number of aromatic hydroxyl groups is 1. The largest absolute Gasteiger partial charge is 0.508 e. The topological polar surface area (TPSA) is 49.3 Å². The van der Waals surface area contributed by atoms with Crippen molar-refractivity contribution < 1.29 is 14.3 Å². The Labute approximate surface area is 117 Å². The second-order valence-electron chi connectivity index (χ2n) is 4.66. The van der Waals surface area contributed by atoms with Crippen LogP contribution in [0.15, 0.2) is 42.5 Å². The van der Waals surface area contributed by atoms with Crippen LogP contribution in [0.1, 0.15) is 21.5 Å². The Balaban J connectivity index is 1.90. The molecule has 0 radical (unpaired) electrons. The maximum absolute atomic E-state index is 13.6. The van der Waals surface area contributed by atoms with Gasteiger partial charge < -0.3 is 10.4 Å². The third kappa shape index (κ3) is 3.57. The quantitative estimate of drug-likeness (QED) is 0.900. The van der Waals surface area contributed by atoms with Gasteiger partial charge in [-0.25, -0.2) is 4.39 Å². The van der Waals surface area contributed by atoms with Crippen molar-refractivity contribution in [1.29, 1.82) is 0 Å². The van der Waals surface area contributed by atoms with Gasteiger partial charge in [0.2, 0.25) is 0 Å². The van der Waals surface area contributed by atoms with Gasteiger partial charge in [0.05, 0.1) is 5.56 Å². The first-order valence-electron chi connectivity index (χ1n) is 6.38. The lowest BCUT2D eigenvalue weighted by Gasteiger charge is -2.07. The molecular formula is C16H16FNO2. The number of phenols is 1. The number of benzene rings is 2. The Kier molecular flexibility index (Phi) is 4.35. The molecule has 0 aliphatic rings. The van der Waals surface area contributed by atoms with Gasteiger partial charge in [-0.1, -0.05) is 18.2 Å². The number of hydrogen-bond acceptors (Lipinski definition) is 2. The Morgan fingerprint density at radius 2 is 1.90 bits per heavy atom. The molecule has 0 atom stereocenters. The van der Waals surface area contributed by atoms with E-state index in [0.717, 1.165) is 11.1 Å². The summed E-state index contributed by atoms with van der Waals surface area (Å²) in [4.78, 5) is 11.8. The number of amides is 1. The number of hydrogen-bond donors (Lipinski definition) is 2. The van der Waals surface area contributed by atoms with Crippen LogP contribution in [0.25, 0.3) is 0 Å². The third-order valence-corrected chi connectivity index (χ3v) is 3.00. The Morgan fingerprint density at radius 1 is 1.20 bits per heavy atom. The van der Waals surface area contributed by atoms with Gasteiger partial charge in [0, 0.05) is 6.54 Å². The molecule has 3 nitrogen and oxygen atoms in total. The number of rotatable bonds is 4. The van der Waals surface area contributed by atoms with E-state index in [1.165, 1.54) is 12.1 Å². The van der Waals surface area contributed by atoms with Crippen molar-refractivity contribution in [3.8, 4) is 5.75 Å². The number of nitrogens with one attached hydrogen (secondary N) is 1. The molecule has 0 aromatic heterocycles. The lowest BCUT2D eigenvalue weighted by molar-refractivity contribution is 0.0950. The molecule has 20 heavy (non-hydrogen) atoms. The average Bonchev–Trinajstić information content (AvgIpc) is 2.41. The summed E-state index contributed by atoms with van der Waals surface area (Å²) in [5.74, 6) is -0.715. The molecule has 0 heterocycles. The van der Waals surface area contributed by atoms with Crippen LogP contribution in [0.5, 0.6) is 5.75 Å². The van der Waals surface area contributed by atoms with Crippen LogP contribution in [0, 0.1) is 12.7 Å². The number of halogens is 1. The van der Waals surface area contributed by atoms with Crippen molar-refractivity contribution in [1.82, 2.24) is 5.32 Å². The van der Waals surface area contributed by atoms with Gasteiger partial charge in [-0.2, -0.15) is 0 Å². The maximum atomic E-state index is 13.6. The zero-order chi connectivity index (χ0) is 14.5.